The molecule has 1 aliphatic heterocycles. The molecule has 0 aromatic rings. The summed E-state index contributed by atoms with van der Waals surface area (Å²) >= 11 is 3.64. The zero-order chi connectivity index (χ0) is 12.0. The number of hydrogen-bond acceptors (Lipinski definition) is 2. The molecular formula is C13H27BrN2. The molecule has 96 valence electrons. The minimum Gasteiger partial charge on any atom is -0.301 e. The summed E-state index contributed by atoms with van der Waals surface area (Å²) in [6.45, 7) is 14.5. The molecular weight excluding hydrogens is 264 g/mol. The van der Waals surface area contributed by atoms with Gasteiger partial charge in [-0.25, -0.2) is 0 Å². The number of piperazine rings is 1. The number of nitrogens with zero attached hydrogens (tertiary/aromatic N) is 2. The van der Waals surface area contributed by atoms with E-state index < -0.39 is 0 Å². The standard InChI is InChI=1S/C13H27BrN2/c1-4-5-15-6-8-16(9-7-15)11-13(10-14)12(2)3/h12-13H,4-11H2,1-3H3. The molecule has 0 saturated carbocycles. The maximum Gasteiger partial charge on any atom is 0.0110 e. The third-order valence-electron chi connectivity index (χ3n) is 3.64. The Morgan fingerprint density at radius 1 is 1.06 bits per heavy atom. The monoisotopic (exact) mass is 290 g/mol. The van der Waals surface area contributed by atoms with Crippen LogP contribution in [0, 0.1) is 11.8 Å². The van der Waals surface area contributed by atoms with Crippen molar-refractivity contribution in [2.75, 3.05) is 44.6 Å². The lowest BCUT2D eigenvalue weighted by atomic mass is 9.97. The minimum absolute atomic E-state index is 0.785. The van der Waals surface area contributed by atoms with Gasteiger partial charge in [-0.1, -0.05) is 36.7 Å². The van der Waals surface area contributed by atoms with E-state index in [4.69, 9.17) is 0 Å². The van der Waals surface area contributed by atoms with Crippen molar-refractivity contribution in [1.29, 1.82) is 0 Å². The van der Waals surface area contributed by atoms with Gasteiger partial charge in [-0.3, -0.25) is 0 Å². The van der Waals surface area contributed by atoms with Crippen LogP contribution in [-0.2, 0) is 0 Å². The lowest BCUT2D eigenvalue weighted by Crippen LogP contribution is -2.48. The lowest BCUT2D eigenvalue weighted by molar-refractivity contribution is 0.113. The van der Waals surface area contributed by atoms with E-state index >= 15 is 0 Å². The van der Waals surface area contributed by atoms with E-state index in [1.165, 1.54) is 45.7 Å². The van der Waals surface area contributed by atoms with E-state index in [-0.39, 0.29) is 0 Å². The molecule has 0 radical (unpaired) electrons. The van der Waals surface area contributed by atoms with Gasteiger partial charge < -0.3 is 9.80 Å². The van der Waals surface area contributed by atoms with Crippen molar-refractivity contribution in [1.82, 2.24) is 9.80 Å². The van der Waals surface area contributed by atoms with Gasteiger partial charge >= 0.3 is 0 Å². The van der Waals surface area contributed by atoms with E-state index in [0.717, 1.165) is 17.2 Å². The van der Waals surface area contributed by atoms with E-state index in [0.29, 0.717) is 0 Å². The normalized spacial score (nSPS) is 21.6. The molecule has 0 aliphatic carbocycles. The molecule has 1 unspecified atom stereocenters. The molecule has 0 aromatic heterocycles. The van der Waals surface area contributed by atoms with Gasteiger partial charge in [-0.2, -0.15) is 0 Å². The predicted octanol–water partition coefficient (Wildman–Crippen LogP) is 2.68. The Morgan fingerprint density at radius 3 is 2.06 bits per heavy atom. The highest BCUT2D eigenvalue weighted by Gasteiger charge is 2.20. The van der Waals surface area contributed by atoms with Gasteiger partial charge in [0.15, 0.2) is 0 Å². The van der Waals surface area contributed by atoms with Crippen molar-refractivity contribution >= 4 is 15.9 Å². The van der Waals surface area contributed by atoms with Gasteiger partial charge in [-0.15, -0.1) is 0 Å². The fraction of sp³-hybridized carbons (Fsp3) is 1.00. The molecule has 0 bridgehead atoms. The first-order valence-electron chi connectivity index (χ1n) is 6.68. The Kier molecular flexibility index (Phi) is 6.94. The Morgan fingerprint density at radius 2 is 1.62 bits per heavy atom. The van der Waals surface area contributed by atoms with E-state index in [2.05, 4.69) is 46.5 Å². The molecule has 1 saturated heterocycles. The average Bonchev–Trinajstić information content (AvgIpc) is 2.28. The molecule has 0 amide bonds. The Hall–Kier alpha value is 0.400. The van der Waals surface area contributed by atoms with E-state index in [1.807, 2.05) is 0 Å². The zero-order valence-electron chi connectivity index (χ0n) is 11.1. The van der Waals surface area contributed by atoms with Crippen LogP contribution in [0.15, 0.2) is 0 Å². The number of alkyl halides is 1. The summed E-state index contributed by atoms with van der Waals surface area (Å²) in [6.07, 6.45) is 1.29. The van der Waals surface area contributed by atoms with Crippen LogP contribution in [0.4, 0.5) is 0 Å². The highest BCUT2D eigenvalue weighted by Crippen LogP contribution is 2.16. The average molecular weight is 291 g/mol. The predicted molar refractivity (Wildman–Crippen MR) is 75.3 cm³/mol. The first-order chi connectivity index (χ1) is 7.67. The quantitative estimate of drug-likeness (QED) is 0.694. The molecule has 0 spiro atoms. The second-order valence-corrected chi connectivity index (χ2v) is 5.95. The van der Waals surface area contributed by atoms with Crippen LogP contribution in [-0.4, -0.2) is 54.4 Å². The molecule has 1 aliphatic rings. The van der Waals surface area contributed by atoms with Gasteiger partial charge in [-0.05, 0) is 24.8 Å². The molecule has 0 N–H and O–H groups in total. The lowest BCUT2D eigenvalue weighted by Gasteiger charge is -2.36. The van der Waals surface area contributed by atoms with E-state index in [9.17, 15) is 0 Å². The highest BCUT2D eigenvalue weighted by molar-refractivity contribution is 9.09. The van der Waals surface area contributed by atoms with Crippen LogP contribution >= 0.6 is 15.9 Å². The fourth-order valence-corrected chi connectivity index (χ4v) is 3.23. The molecule has 16 heavy (non-hydrogen) atoms. The minimum atomic E-state index is 0.785. The molecule has 0 aromatic carbocycles. The third-order valence-corrected chi connectivity index (χ3v) is 4.47. The molecule has 1 atom stereocenters. The van der Waals surface area contributed by atoms with Crippen molar-refractivity contribution in [2.45, 2.75) is 27.2 Å². The first kappa shape index (κ1) is 14.5. The summed E-state index contributed by atoms with van der Waals surface area (Å²) in [5, 5.41) is 1.14. The number of halogens is 1. The van der Waals surface area contributed by atoms with Crippen LogP contribution < -0.4 is 0 Å². The van der Waals surface area contributed by atoms with Crippen LogP contribution in [0.3, 0.4) is 0 Å². The van der Waals surface area contributed by atoms with Crippen molar-refractivity contribution in [2.24, 2.45) is 11.8 Å². The fourth-order valence-electron chi connectivity index (χ4n) is 2.28. The maximum absolute atomic E-state index is 3.64. The second kappa shape index (κ2) is 7.67. The van der Waals surface area contributed by atoms with E-state index in [1.54, 1.807) is 0 Å². The Bertz CT molecular complexity index is 177. The smallest absolute Gasteiger partial charge is 0.0110 e. The Labute approximate surface area is 109 Å². The first-order valence-corrected chi connectivity index (χ1v) is 7.80. The highest BCUT2D eigenvalue weighted by atomic mass is 79.9. The van der Waals surface area contributed by atoms with Gasteiger partial charge in [0.25, 0.3) is 0 Å². The van der Waals surface area contributed by atoms with Crippen LogP contribution in [0.25, 0.3) is 0 Å². The number of hydrogen-bond donors (Lipinski definition) is 0. The van der Waals surface area contributed by atoms with Gasteiger partial charge in [0.05, 0.1) is 0 Å². The van der Waals surface area contributed by atoms with Gasteiger partial charge in [0, 0.05) is 38.1 Å². The van der Waals surface area contributed by atoms with Crippen LogP contribution in [0.1, 0.15) is 27.2 Å². The second-order valence-electron chi connectivity index (χ2n) is 5.30. The summed E-state index contributed by atoms with van der Waals surface area (Å²) in [7, 11) is 0. The van der Waals surface area contributed by atoms with Crippen molar-refractivity contribution in [3.8, 4) is 0 Å². The molecule has 2 nitrogen and oxygen atoms in total. The summed E-state index contributed by atoms with van der Waals surface area (Å²) in [5.41, 5.74) is 0. The van der Waals surface area contributed by atoms with Crippen LogP contribution in [0.5, 0.6) is 0 Å². The maximum atomic E-state index is 3.64. The third kappa shape index (κ3) is 4.72. The SMILES string of the molecule is CCCN1CCN(CC(CBr)C(C)C)CC1. The van der Waals surface area contributed by atoms with Gasteiger partial charge in [0.1, 0.15) is 0 Å². The molecule has 1 fully saturated rings. The summed E-state index contributed by atoms with van der Waals surface area (Å²) < 4.78 is 0. The Balaban J connectivity index is 2.25. The number of rotatable bonds is 6. The molecule has 1 heterocycles. The van der Waals surface area contributed by atoms with Crippen LogP contribution in [0.2, 0.25) is 0 Å². The van der Waals surface area contributed by atoms with Crippen molar-refractivity contribution in [3.05, 3.63) is 0 Å². The van der Waals surface area contributed by atoms with Gasteiger partial charge in [0.2, 0.25) is 0 Å². The largest absolute Gasteiger partial charge is 0.301 e. The summed E-state index contributed by atoms with van der Waals surface area (Å²) in [4.78, 5) is 5.23. The zero-order valence-corrected chi connectivity index (χ0v) is 12.7. The van der Waals surface area contributed by atoms with Crippen molar-refractivity contribution in [3.63, 3.8) is 0 Å². The molecule has 3 heteroatoms. The topological polar surface area (TPSA) is 6.48 Å². The molecule has 1 rings (SSSR count). The summed E-state index contributed by atoms with van der Waals surface area (Å²) in [6, 6.07) is 0. The summed E-state index contributed by atoms with van der Waals surface area (Å²) in [5.74, 6) is 1.59. The van der Waals surface area contributed by atoms with Crippen molar-refractivity contribution < 1.29 is 0 Å².